The van der Waals surface area contributed by atoms with Crippen molar-refractivity contribution in [3.63, 3.8) is 0 Å². The van der Waals surface area contributed by atoms with E-state index >= 15 is 0 Å². The van der Waals surface area contributed by atoms with Crippen LogP contribution in [0, 0.1) is 0 Å². The van der Waals surface area contributed by atoms with E-state index in [1.165, 1.54) is 0 Å². The second kappa shape index (κ2) is 7.28. The molecule has 0 atom stereocenters. The maximum Gasteiger partial charge on any atom is 0.237 e. The van der Waals surface area contributed by atoms with E-state index in [-0.39, 0.29) is 5.91 Å². The van der Waals surface area contributed by atoms with Crippen molar-refractivity contribution in [1.29, 1.82) is 0 Å². The minimum Gasteiger partial charge on any atom is -0.457 e. The van der Waals surface area contributed by atoms with Crippen LogP contribution in [-0.2, 0) is 11.3 Å². The molecule has 0 aliphatic carbocycles. The number of carbonyl (C=O) groups excluding carboxylic acids is 1. The molecule has 0 radical (unpaired) electrons. The molecule has 1 amide bonds. The summed E-state index contributed by atoms with van der Waals surface area (Å²) in [6.07, 6.45) is 1.70. The summed E-state index contributed by atoms with van der Waals surface area (Å²) < 4.78 is 7.79. The second-order valence-electron chi connectivity index (χ2n) is 6.96. The first kappa shape index (κ1) is 17.3. The van der Waals surface area contributed by atoms with Gasteiger partial charge in [-0.05, 0) is 17.7 Å². The number of benzene rings is 3. The van der Waals surface area contributed by atoms with Gasteiger partial charge in [0.1, 0.15) is 17.3 Å². The van der Waals surface area contributed by atoms with E-state index in [2.05, 4.69) is 10.4 Å². The van der Waals surface area contributed by atoms with Crippen molar-refractivity contribution in [3.05, 3.63) is 108 Å². The normalized spacial score (nSPS) is 12.6. The standard InChI is InChI=1S/C24H19N3O2/c28-24(26-22-14-15-25-27(22)16-17-8-2-1-3-9-17)23-18-10-4-6-12-20(18)29-21-13-7-5-11-19(21)23/h1-15,23H,16H2,(H,26,28). The molecule has 0 spiro atoms. The quantitative estimate of drug-likeness (QED) is 0.552. The molecule has 1 N–H and O–H groups in total. The molecule has 2 heterocycles. The average Bonchev–Trinajstić information content (AvgIpc) is 3.19. The van der Waals surface area contributed by atoms with Gasteiger partial charge in [-0.1, -0.05) is 66.7 Å². The Morgan fingerprint density at radius 2 is 1.48 bits per heavy atom. The monoisotopic (exact) mass is 381 g/mol. The van der Waals surface area contributed by atoms with Gasteiger partial charge in [0, 0.05) is 17.2 Å². The summed E-state index contributed by atoms with van der Waals surface area (Å²) in [5.74, 6) is 1.54. The Balaban J connectivity index is 1.46. The number of hydrogen-bond acceptors (Lipinski definition) is 3. The molecule has 0 fully saturated rings. The molecular weight excluding hydrogens is 362 g/mol. The van der Waals surface area contributed by atoms with Crippen LogP contribution < -0.4 is 10.1 Å². The zero-order valence-electron chi connectivity index (χ0n) is 15.7. The highest BCUT2D eigenvalue weighted by atomic mass is 16.5. The van der Waals surface area contributed by atoms with Crippen LogP contribution in [0.5, 0.6) is 11.5 Å². The highest BCUT2D eigenvalue weighted by Crippen LogP contribution is 2.44. The fraction of sp³-hybridized carbons (Fsp3) is 0.0833. The number of rotatable bonds is 4. The summed E-state index contributed by atoms with van der Waals surface area (Å²) in [6, 6.07) is 27.2. The molecule has 4 aromatic rings. The minimum absolute atomic E-state index is 0.108. The van der Waals surface area contributed by atoms with Crippen molar-refractivity contribution in [1.82, 2.24) is 9.78 Å². The van der Waals surface area contributed by atoms with Crippen LogP contribution in [0.3, 0.4) is 0 Å². The van der Waals surface area contributed by atoms with Gasteiger partial charge in [-0.15, -0.1) is 0 Å². The third-order valence-corrected chi connectivity index (χ3v) is 5.09. The number of anilines is 1. The molecule has 29 heavy (non-hydrogen) atoms. The Labute approximate surface area is 168 Å². The van der Waals surface area contributed by atoms with Gasteiger partial charge in [0.25, 0.3) is 0 Å². The molecule has 5 rings (SSSR count). The van der Waals surface area contributed by atoms with Gasteiger partial charge < -0.3 is 10.1 Å². The van der Waals surface area contributed by atoms with Gasteiger partial charge >= 0.3 is 0 Å². The number of nitrogens with one attached hydrogen (secondary N) is 1. The highest BCUT2D eigenvalue weighted by molar-refractivity contribution is 5.99. The largest absolute Gasteiger partial charge is 0.457 e. The molecule has 5 nitrogen and oxygen atoms in total. The SMILES string of the molecule is O=C(Nc1ccnn1Cc1ccccc1)C1c2ccccc2Oc2ccccc21. The van der Waals surface area contributed by atoms with E-state index in [4.69, 9.17) is 4.74 Å². The predicted octanol–water partition coefficient (Wildman–Crippen LogP) is 4.81. The first-order valence-corrected chi connectivity index (χ1v) is 9.52. The molecule has 0 unspecified atom stereocenters. The Hall–Kier alpha value is -3.86. The van der Waals surface area contributed by atoms with E-state index in [0.29, 0.717) is 23.9 Å². The van der Waals surface area contributed by atoms with E-state index in [1.807, 2.05) is 84.9 Å². The number of amides is 1. The fourth-order valence-electron chi connectivity index (χ4n) is 3.71. The minimum atomic E-state index is -0.448. The summed E-state index contributed by atoms with van der Waals surface area (Å²) >= 11 is 0. The first-order valence-electron chi connectivity index (χ1n) is 9.52. The molecule has 3 aromatic carbocycles. The number of aromatic nitrogens is 2. The third-order valence-electron chi connectivity index (χ3n) is 5.09. The molecule has 1 aliphatic heterocycles. The van der Waals surface area contributed by atoms with Gasteiger partial charge in [0.15, 0.2) is 0 Å². The van der Waals surface area contributed by atoms with E-state index < -0.39 is 5.92 Å². The fourth-order valence-corrected chi connectivity index (χ4v) is 3.71. The summed E-state index contributed by atoms with van der Waals surface area (Å²) in [5.41, 5.74) is 2.84. The van der Waals surface area contributed by atoms with Crippen molar-refractivity contribution in [3.8, 4) is 11.5 Å². The van der Waals surface area contributed by atoms with Crippen molar-refractivity contribution >= 4 is 11.7 Å². The predicted molar refractivity (Wildman–Crippen MR) is 111 cm³/mol. The summed E-state index contributed by atoms with van der Waals surface area (Å²) in [5, 5.41) is 7.44. The number of ether oxygens (including phenoxy) is 1. The Bertz CT molecular complexity index is 1120. The molecule has 1 aromatic heterocycles. The van der Waals surface area contributed by atoms with Gasteiger partial charge in [0.05, 0.1) is 18.7 Å². The van der Waals surface area contributed by atoms with Crippen molar-refractivity contribution in [2.24, 2.45) is 0 Å². The maximum atomic E-state index is 13.4. The molecule has 0 bridgehead atoms. The topological polar surface area (TPSA) is 56.2 Å². The number of fused-ring (bicyclic) bond motifs is 2. The van der Waals surface area contributed by atoms with Crippen LogP contribution in [0.1, 0.15) is 22.6 Å². The molecule has 0 saturated carbocycles. The lowest BCUT2D eigenvalue weighted by Gasteiger charge is -2.27. The molecular formula is C24H19N3O2. The highest BCUT2D eigenvalue weighted by Gasteiger charge is 2.32. The molecule has 5 heteroatoms. The number of para-hydroxylation sites is 2. The number of hydrogen-bond donors (Lipinski definition) is 1. The van der Waals surface area contributed by atoms with Crippen LogP contribution in [0.4, 0.5) is 5.82 Å². The zero-order chi connectivity index (χ0) is 19.6. The van der Waals surface area contributed by atoms with E-state index in [0.717, 1.165) is 16.7 Å². The zero-order valence-corrected chi connectivity index (χ0v) is 15.7. The van der Waals surface area contributed by atoms with Crippen LogP contribution in [0.25, 0.3) is 0 Å². The van der Waals surface area contributed by atoms with Gasteiger partial charge in [-0.3, -0.25) is 4.79 Å². The second-order valence-corrected chi connectivity index (χ2v) is 6.96. The number of carbonyl (C=O) groups is 1. The summed E-state index contributed by atoms with van der Waals surface area (Å²) in [7, 11) is 0. The third kappa shape index (κ3) is 3.27. The van der Waals surface area contributed by atoms with Crippen LogP contribution in [0.2, 0.25) is 0 Å². The molecule has 0 saturated heterocycles. The van der Waals surface area contributed by atoms with E-state index in [1.54, 1.807) is 10.9 Å². The lowest BCUT2D eigenvalue weighted by molar-refractivity contribution is -0.116. The molecule has 142 valence electrons. The summed E-state index contributed by atoms with van der Waals surface area (Å²) in [4.78, 5) is 13.4. The van der Waals surface area contributed by atoms with Crippen LogP contribution in [0.15, 0.2) is 91.1 Å². The van der Waals surface area contributed by atoms with E-state index in [9.17, 15) is 4.79 Å². The maximum absolute atomic E-state index is 13.4. The smallest absolute Gasteiger partial charge is 0.237 e. The lowest BCUT2D eigenvalue weighted by atomic mass is 9.87. The van der Waals surface area contributed by atoms with Crippen molar-refractivity contribution in [2.45, 2.75) is 12.5 Å². The first-order chi connectivity index (χ1) is 14.3. The van der Waals surface area contributed by atoms with Crippen LogP contribution >= 0.6 is 0 Å². The summed E-state index contributed by atoms with van der Waals surface area (Å²) in [6.45, 7) is 0.588. The molecule has 1 aliphatic rings. The number of nitrogens with zero attached hydrogens (tertiary/aromatic N) is 2. The Morgan fingerprint density at radius 1 is 0.862 bits per heavy atom. The van der Waals surface area contributed by atoms with Gasteiger partial charge in [0.2, 0.25) is 5.91 Å². The van der Waals surface area contributed by atoms with Crippen molar-refractivity contribution in [2.75, 3.05) is 5.32 Å². The van der Waals surface area contributed by atoms with Crippen LogP contribution in [-0.4, -0.2) is 15.7 Å². The van der Waals surface area contributed by atoms with Gasteiger partial charge in [-0.2, -0.15) is 5.10 Å². The average molecular weight is 381 g/mol. The Morgan fingerprint density at radius 3 is 2.17 bits per heavy atom. The lowest BCUT2D eigenvalue weighted by Crippen LogP contribution is -2.26. The van der Waals surface area contributed by atoms with Gasteiger partial charge in [-0.25, -0.2) is 4.68 Å². The van der Waals surface area contributed by atoms with Crippen molar-refractivity contribution < 1.29 is 9.53 Å². The Kier molecular flexibility index (Phi) is 4.33.